The molecule has 0 aliphatic rings. The summed E-state index contributed by atoms with van der Waals surface area (Å²) >= 11 is 1.72. The van der Waals surface area contributed by atoms with Gasteiger partial charge in [0.2, 0.25) is 0 Å². The van der Waals surface area contributed by atoms with Crippen molar-refractivity contribution in [1.82, 2.24) is 10.3 Å². The molecule has 0 bridgehead atoms. The lowest BCUT2D eigenvalue weighted by Gasteiger charge is -2.22. The monoisotopic (exact) mass is 228 g/mol. The molecule has 4 heteroatoms. The van der Waals surface area contributed by atoms with Crippen LogP contribution in [0, 0.1) is 0 Å². The van der Waals surface area contributed by atoms with Crippen LogP contribution in [0.25, 0.3) is 0 Å². The predicted octanol–water partition coefficient (Wildman–Crippen LogP) is 2.09. The Hall–Kier alpha value is -0.450. The summed E-state index contributed by atoms with van der Waals surface area (Å²) in [4.78, 5) is 4.23. The average Bonchev–Trinajstić information content (AvgIpc) is 2.70. The van der Waals surface area contributed by atoms with Crippen LogP contribution in [0.5, 0.6) is 0 Å². The van der Waals surface area contributed by atoms with E-state index in [0.29, 0.717) is 0 Å². The summed E-state index contributed by atoms with van der Waals surface area (Å²) in [5, 5.41) is 6.62. The third-order valence-electron chi connectivity index (χ3n) is 2.46. The highest BCUT2D eigenvalue weighted by Gasteiger charge is 2.14. The third-order valence-corrected chi connectivity index (χ3v) is 3.29. The Morgan fingerprint density at radius 1 is 1.47 bits per heavy atom. The predicted molar refractivity (Wildman–Crippen MR) is 64.4 cm³/mol. The van der Waals surface area contributed by atoms with E-state index in [2.05, 4.69) is 24.1 Å². The Morgan fingerprint density at radius 2 is 2.27 bits per heavy atom. The summed E-state index contributed by atoms with van der Waals surface area (Å²) < 4.78 is 5.34. The number of rotatable bonds is 7. The van der Waals surface area contributed by atoms with Crippen LogP contribution in [0.4, 0.5) is 0 Å². The molecule has 1 aromatic heterocycles. The molecule has 1 rings (SSSR count). The van der Waals surface area contributed by atoms with Crippen molar-refractivity contribution in [3.8, 4) is 0 Å². The normalized spacial score (nSPS) is 11.9. The van der Waals surface area contributed by atoms with Crippen LogP contribution in [-0.2, 0) is 11.2 Å². The van der Waals surface area contributed by atoms with Gasteiger partial charge in [0.15, 0.2) is 0 Å². The maximum absolute atomic E-state index is 5.34. The van der Waals surface area contributed by atoms with Crippen LogP contribution in [0.3, 0.4) is 0 Å². The van der Waals surface area contributed by atoms with Crippen LogP contribution in [-0.4, -0.2) is 30.8 Å². The van der Waals surface area contributed by atoms with E-state index in [1.807, 2.05) is 11.6 Å². The van der Waals surface area contributed by atoms with Crippen molar-refractivity contribution in [3.05, 3.63) is 16.6 Å². The fraction of sp³-hybridized carbons (Fsp3) is 0.727. The van der Waals surface area contributed by atoms with Gasteiger partial charge in [0.05, 0.1) is 10.6 Å². The van der Waals surface area contributed by atoms with E-state index in [9.17, 15) is 0 Å². The minimum absolute atomic E-state index is 0.0197. The number of thiazole rings is 1. The van der Waals surface area contributed by atoms with E-state index in [1.54, 1.807) is 18.4 Å². The van der Waals surface area contributed by atoms with E-state index in [1.165, 1.54) is 5.01 Å². The minimum atomic E-state index is -0.0197. The number of hydrogen-bond acceptors (Lipinski definition) is 4. The van der Waals surface area contributed by atoms with Gasteiger partial charge in [-0.05, 0) is 26.8 Å². The molecule has 0 aromatic carbocycles. The van der Waals surface area contributed by atoms with E-state index >= 15 is 0 Å². The lowest BCUT2D eigenvalue weighted by Crippen LogP contribution is -2.29. The molecule has 86 valence electrons. The van der Waals surface area contributed by atoms with Crippen LogP contribution >= 0.6 is 11.3 Å². The highest BCUT2D eigenvalue weighted by molar-refractivity contribution is 7.09. The first-order valence-electron chi connectivity index (χ1n) is 5.28. The maximum atomic E-state index is 5.34. The number of nitrogens with one attached hydrogen (secondary N) is 1. The van der Waals surface area contributed by atoms with E-state index in [0.717, 1.165) is 25.9 Å². The van der Waals surface area contributed by atoms with Gasteiger partial charge in [-0.1, -0.05) is 0 Å². The van der Waals surface area contributed by atoms with Crippen molar-refractivity contribution in [3.63, 3.8) is 0 Å². The van der Waals surface area contributed by atoms with Crippen LogP contribution < -0.4 is 5.32 Å². The highest BCUT2D eigenvalue weighted by Crippen LogP contribution is 2.11. The molecule has 0 fully saturated rings. The van der Waals surface area contributed by atoms with Gasteiger partial charge in [0, 0.05) is 31.7 Å². The number of hydrogen-bond donors (Lipinski definition) is 1. The molecule has 0 saturated heterocycles. The molecular weight excluding hydrogens is 208 g/mol. The van der Waals surface area contributed by atoms with Crippen molar-refractivity contribution < 1.29 is 4.74 Å². The average molecular weight is 228 g/mol. The van der Waals surface area contributed by atoms with Crippen molar-refractivity contribution >= 4 is 11.3 Å². The zero-order valence-corrected chi connectivity index (χ0v) is 10.6. The smallest absolute Gasteiger partial charge is 0.0937 e. The van der Waals surface area contributed by atoms with Crippen molar-refractivity contribution in [2.24, 2.45) is 0 Å². The van der Waals surface area contributed by atoms with Crippen LogP contribution in [0.1, 0.15) is 25.3 Å². The first-order chi connectivity index (χ1) is 7.14. The first-order valence-corrected chi connectivity index (χ1v) is 6.16. The second-order valence-electron chi connectivity index (χ2n) is 4.14. The Kier molecular flexibility index (Phi) is 5.22. The summed E-state index contributed by atoms with van der Waals surface area (Å²) in [5.74, 6) is 0. The molecule has 0 aliphatic carbocycles. The first kappa shape index (κ1) is 12.6. The molecule has 15 heavy (non-hydrogen) atoms. The van der Waals surface area contributed by atoms with E-state index in [-0.39, 0.29) is 5.60 Å². The van der Waals surface area contributed by atoms with E-state index in [4.69, 9.17) is 4.74 Å². The number of aromatic nitrogens is 1. The fourth-order valence-electron chi connectivity index (χ4n) is 1.19. The molecule has 0 radical (unpaired) electrons. The Bertz CT molecular complexity index is 260. The Labute approximate surface area is 95.9 Å². The zero-order chi connectivity index (χ0) is 11.1. The third kappa shape index (κ3) is 5.25. The molecule has 0 spiro atoms. The van der Waals surface area contributed by atoms with Crippen molar-refractivity contribution in [2.75, 3.05) is 20.2 Å². The summed E-state index contributed by atoms with van der Waals surface area (Å²) in [7, 11) is 1.76. The van der Waals surface area contributed by atoms with Gasteiger partial charge in [-0.25, -0.2) is 4.98 Å². The van der Waals surface area contributed by atoms with Gasteiger partial charge in [-0.3, -0.25) is 0 Å². The van der Waals surface area contributed by atoms with Crippen molar-refractivity contribution in [1.29, 1.82) is 0 Å². The largest absolute Gasteiger partial charge is 0.379 e. The quantitative estimate of drug-likeness (QED) is 0.726. The van der Waals surface area contributed by atoms with Crippen LogP contribution in [0.15, 0.2) is 11.6 Å². The lowest BCUT2D eigenvalue weighted by molar-refractivity contribution is 0.0159. The van der Waals surface area contributed by atoms with Gasteiger partial charge < -0.3 is 10.1 Å². The summed E-state index contributed by atoms with van der Waals surface area (Å²) in [6.07, 6.45) is 3.90. The maximum Gasteiger partial charge on any atom is 0.0937 e. The van der Waals surface area contributed by atoms with Crippen molar-refractivity contribution in [2.45, 2.75) is 32.3 Å². The van der Waals surface area contributed by atoms with E-state index < -0.39 is 0 Å². The molecule has 0 aliphatic heterocycles. The zero-order valence-electron chi connectivity index (χ0n) is 9.75. The molecule has 0 atom stereocenters. The van der Waals surface area contributed by atoms with Gasteiger partial charge in [-0.15, -0.1) is 11.3 Å². The second-order valence-corrected chi connectivity index (χ2v) is 5.12. The number of methoxy groups -OCH3 is 1. The summed E-state index contributed by atoms with van der Waals surface area (Å²) in [5.41, 5.74) is -0.0197. The lowest BCUT2D eigenvalue weighted by atomic mass is 10.1. The standard InChI is InChI=1S/C11H20N2OS/c1-11(2,14-3)5-7-12-6-4-10-13-8-9-15-10/h8-9,12H,4-7H2,1-3H3. The summed E-state index contributed by atoms with van der Waals surface area (Å²) in [6.45, 7) is 6.20. The molecule has 0 saturated carbocycles. The SMILES string of the molecule is COC(C)(C)CCNCCc1nccs1. The Morgan fingerprint density at radius 3 is 2.87 bits per heavy atom. The molecule has 1 N–H and O–H groups in total. The summed E-state index contributed by atoms with van der Waals surface area (Å²) in [6, 6.07) is 0. The molecule has 1 aromatic rings. The topological polar surface area (TPSA) is 34.1 Å². The number of nitrogens with zero attached hydrogens (tertiary/aromatic N) is 1. The fourth-order valence-corrected chi connectivity index (χ4v) is 1.81. The van der Waals surface area contributed by atoms with Gasteiger partial charge >= 0.3 is 0 Å². The molecule has 3 nitrogen and oxygen atoms in total. The minimum Gasteiger partial charge on any atom is -0.379 e. The second kappa shape index (κ2) is 6.20. The highest BCUT2D eigenvalue weighted by atomic mass is 32.1. The van der Waals surface area contributed by atoms with Gasteiger partial charge in [0.25, 0.3) is 0 Å². The van der Waals surface area contributed by atoms with Gasteiger partial charge in [-0.2, -0.15) is 0 Å². The molecule has 0 amide bonds. The Balaban J connectivity index is 2.03. The van der Waals surface area contributed by atoms with Crippen LogP contribution in [0.2, 0.25) is 0 Å². The molecule has 0 unspecified atom stereocenters. The molecule has 1 heterocycles. The molecular formula is C11H20N2OS. The number of ether oxygens (including phenoxy) is 1. The van der Waals surface area contributed by atoms with Gasteiger partial charge in [0.1, 0.15) is 0 Å².